The van der Waals surface area contributed by atoms with Gasteiger partial charge in [-0.3, -0.25) is 14.5 Å². The summed E-state index contributed by atoms with van der Waals surface area (Å²) in [5, 5.41) is 3.42. The minimum absolute atomic E-state index is 0.0305. The molecule has 2 amide bonds. The molecule has 4 heteroatoms. The molecule has 1 saturated carbocycles. The Morgan fingerprint density at radius 3 is 2.37 bits per heavy atom. The molecule has 2 fully saturated rings. The third-order valence-corrected chi connectivity index (χ3v) is 4.73. The molecule has 2 aliphatic rings. The second-order valence-electron chi connectivity index (χ2n) is 6.58. The average molecular weight is 266 g/mol. The molecule has 0 spiro atoms. The molecule has 0 bridgehead atoms. The van der Waals surface area contributed by atoms with E-state index in [2.05, 4.69) is 19.2 Å². The van der Waals surface area contributed by atoms with Crippen LogP contribution in [0.5, 0.6) is 0 Å². The van der Waals surface area contributed by atoms with Gasteiger partial charge in [0.25, 0.3) is 0 Å². The fraction of sp³-hybridized carbons (Fsp3) is 0.867. The summed E-state index contributed by atoms with van der Waals surface area (Å²) in [7, 11) is 0. The lowest BCUT2D eigenvalue weighted by Crippen LogP contribution is -2.47. The Hall–Kier alpha value is -0.900. The van der Waals surface area contributed by atoms with E-state index in [9.17, 15) is 9.59 Å². The van der Waals surface area contributed by atoms with Crippen LogP contribution in [0.4, 0.5) is 0 Å². The summed E-state index contributed by atoms with van der Waals surface area (Å²) in [5.74, 6) is 1.40. The van der Waals surface area contributed by atoms with Crippen LogP contribution in [0.1, 0.15) is 53.4 Å². The summed E-state index contributed by atoms with van der Waals surface area (Å²) in [5.41, 5.74) is 0. The molecule has 108 valence electrons. The quantitative estimate of drug-likeness (QED) is 0.794. The van der Waals surface area contributed by atoms with E-state index in [1.165, 1.54) is 11.3 Å². The van der Waals surface area contributed by atoms with Gasteiger partial charge in [0, 0.05) is 12.1 Å². The maximum absolute atomic E-state index is 12.2. The number of carbonyl (C=O) groups is 2. The second-order valence-corrected chi connectivity index (χ2v) is 6.58. The van der Waals surface area contributed by atoms with Crippen LogP contribution in [0.25, 0.3) is 0 Å². The Kier molecular flexibility index (Phi) is 4.29. The van der Waals surface area contributed by atoms with E-state index >= 15 is 0 Å². The van der Waals surface area contributed by atoms with Crippen molar-refractivity contribution in [2.75, 3.05) is 0 Å². The summed E-state index contributed by atoms with van der Waals surface area (Å²) in [6, 6.07) is 0.0673. The Bertz CT molecular complexity index is 367. The molecule has 1 heterocycles. The first-order valence-electron chi connectivity index (χ1n) is 7.52. The molecule has 0 aromatic heterocycles. The fourth-order valence-electron chi connectivity index (χ4n) is 3.31. The van der Waals surface area contributed by atoms with Gasteiger partial charge in [0.15, 0.2) is 0 Å². The van der Waals surface area contributed by atoms with E-state index in [4.69, 9.17) is 0 Å². The van der Waals surface area contributed by atoms with Crippen molar-refractivity contribution < 1.29 is 9.59 Å². The lowest BCUT2D eigenvalue weighted by molar-refractivity contribution is -0.140. The highest BCUT2D eigenvalue weighted by Gasteiger charge is 2.41. The molecule has 2 rings (SSSR count). The van der Waals surface area contributed by atoms with Gasteiger partial charge in [-0.25, -0.2) is 0 Å². The largest absolute Gasteiger partial charge is 0.303 e. The Balaban J connectivity index is 1.94. The molecule has 4 unspecified atom stereocenters. The number of nitrogens with one attached hydrogen (secondary N) is 1. The van der Waals surface area contributed by atoms with Crippen LogP contribution in [0.15, 0.2) is 0 Å². The predicted octanol–water partition coefficient (Wildman–Crippen LogP) is 1.94. The zero-order valence-electron chi connectivity index (χ0n) is 12.5. The molecule has 4 nitrogen and oxygen atoms in total. The highest BCUT2D eigenvalue weighted by atomic mass is 16.2. The van der Waals surface area contributed by atoms with Gasteiger partial charge in [-0.1, -0.05) is 13.8 Å². The summed E-state index contributed by atoms with van der Waals surface area (Å²) in [6.45, 7) is 8.36. The number of likely N-dealkylation sites (tertiary alicyclic amines) is 1. The summed E-state index contributed by atoms with van der Waals surface area (Å²) in [4.78, 5) is 25.5. The normalized spacial score (nSPS) is 36.4. The highest BCUT2D eigenvalue weighted by Crippen LogP contribution is 2.30. The van der Waals surface area contributed by atoms with Crippen LogP contribution in [0.3, 0.4) is 0 Å². The van der Waals surface area contributed by atoms with Gasteiger partial charge in [-0.05, 0) is 44.9 Å². The molecule has 1 aliphatic heterocycles. The summed E-state index contributed by atoms with van der Waals surface area (Å²) < 4.78 is 0. The number of hydrogen-bond donors (Lipinski definition) is 1. The van der Waals surface area contributed by atoms with E-state index in [0.717, 1.165) is 18.8 Å². The molecular weight excluding hydrogens is 240 g/mol. The lowest BCUT2D eigenvalue weighted by Gasteiger charge is -2.33. The van der Waals surface area contributed by atoms with E-state index in [-0.39, 0.29) is 23.9 Å². The molecule has 4 atom stereocenters. The van der Waals surface area contributed by atoms with E-state index in [1.807, 2.05) is 13.8 Å². The van der Waals surface area contributed by atoms with Crippen molar-refractivity contribution in [2.24, 2.45) is 11.8 Å². The van der Waals surface area contributed by atoms with Crippen molar-refractivity contribution in [1.29, 1.82) is 0 Å². The van der Waals surface area contributed by atoms with Crippen molar-refractivity contribution in [1.82, 2.24) is 10.2 Å². The highest BCUT2D eigenvalue weighted by molar-refractivity contribution is 6.05. The maximum atomic E-state index is 12.2. The first-order chi connectivity index (χ1) is 8.90. The van der Waals surface area contributed by atoms with Crippen molar-refractivity contribution >= 4 is 11.8 Å². The number of rotatable bonds is 3. The van der Waals surface area contributed by atoms with Crippen LogP contribution < -0.4 is 5.32 Å². The molecule has 0 aromatic rings. The number of imide groups is 1. The molecule has 1 saturated heterocycles. The molecule has 1 N–H and O–H groups in total. The Morgan fingerprint density at radius 2 is 1.84 bits per heavy atom. The first kappa shape index (κ1) is 14.5. The number of nitrogens with zero attached hydrogens (tertiary/aromatic N) is 1. The van der Waals surface area contributed by atoms with Crippen LogP contribution in [0, 0.1) is 11.8 Å². The fourth-order valence-corrected chi connectivity index (χ4v) is 3.31. The van der Waals surface area contributed by atoms with Crippen LogP contribution >= 0.6 is 0 Å². The molecule has 0 radical (unpaired) electrons. The summed E-state index contributed by atoms with van der Waals surface area (Å²) >= 11 is 0. The van der Waals surface area contributed by atoms with Crippen LogP contribution in [-0.4, -0.2) is 34.8 Å². The Labute approximate surface area is 115 Å². The van der Waals surface area contributed by atoms with Gasteiger partial charge in [0.05, 0.1) is 12.5 Å². The third kappa shape index (κ3) is 2.99. The minimum Gasteiger partial charge on any atom is -0.303 e. The van der Waals surface area contributed by atoms with E-state index < -0.39 is 0 Å². The van der Waals surface area contributed by atoms with Crippen LogP contribution in [-0.2, 0) is 9.59 Å². The first-order valence-corrected chi connectivity index (χ1v) is 7.52. The maximum Gasteiger partial charge on any atom is 0.247 e. The smallest absolute Gasteiger partial charge is 0.247 e. The zero-order chi connectivity index (χ0) is 14.2. The van der Waals surface area contributed by atoms with Crippen LogP contribution in [0.2, 0.25) is 0 Å². The van der Waals surface area contributed by atoms with Gasteiger partial charge >= 0.3 is 0 Å². The summed E-state index contributed by atoms with van der Waals surface area (Å²) in [6.07, 6.45) is 3.77. The molecule has 19 heavy (non-hydrogen) atoms. The van der Waals surface area contributed by atoms with Crippen molar-refractivity contribution in [3.63, 3.8) is 0 Å². The van der Waals surface area contributed by atoms with E-state index in [0.29, 0.717) is 18.4 Å². The van der Waals surface area contributed by atoms with Gasteiger partial charge in [-0.15, -0.1) is 0 Å². The zero-order valence-corrected chi connectivity index (χ0v) is 12.5. The molecular formula is C15H26N2O2. The van der Waals surface area contributed by atoms with Crippen molar-refractivity contribution in [2.45, 2.75) is 71.5 Å². The van der Waals surface area contributed by atoms with Gasteiger partial charge in [-0.2, -0.15) is 0 Å². The SMILES string of the molecule is CC1CCC(NC2CC(=O)N(C(C)C)C2=O)CC1C. The second kappa shape index (κ2) is 5.61. The number of carbonyl (C=O) groups excluding carboxylic acids is 2. The van der Waals surface area contributed by atoms with Gasteiger partial charge in [0.1, 0.15) is 0 Å². The van der Waals surface area contributed by atoms with Gasteiger partial charge in [0.2, 0.25) is 11.8 Å². The topological polar surface area (TPSA) is 49.4 Å². The number of amides is 2. The molecule has 1 aliphatic carbocycles. The van der Waals surface area contributed by atoms with Gasteiger partial charge < -0.3 is 5.32 Å². The number of hydrogen-bond acceptors (Lipinski definition) is 3. The third-order valence-electron chi connectivity index (χ3n) is 4.73. The van der Waals surface area contributed by atoms with Crippen molar-refractivity contribution in [3.05, 3.63) is 0 Å². The lowest BCUT2D eigenvalue weighted by atomic mass is 9.79. The molecule has 0 aromatic carbocycles. The van der Waals surface area contributed by atoms with Crippen molar-refractivity contribution in [3.8, 4) is 0 Å². The standard InChI is InChI=1S/C15H26N2O2/c1-9(2)17-14(18)8-13(15(17)19)16-12-6-5-10(3)11(4)7-12/h9-13,16H,5-8H2,1-4H3. The average Bonchev–Trinajstić information content (AvgIpc) is 2.59. The predicted molar refractivity (Wildman–Crippen MR) is 74.5 cm³/mol. The monoisotopic (exact) mass is 266 g/mol. The minimum atomic E-state index is -0.291. The Morgan fingerprint density at radius 1 is 1.16 bits per heavy atom. The van der Waals surface area contributed by atoms with E-state index in [1.54, 1.807) is 0 Å².